The molecule has 0 saturated heterocycles. The molecule has 0 fully saturated rings. The number of hydrogen-bond acceptors (Lipinski definition) is 1. The van der Waals surface area contributed by atoms with E-state index in [1.54, 1.807) is 18.3 Å². The lowest BCUT2D eigenvalue weighted by atomic mass is 10.1. The van der Waals surface area contributed by atoms with Gasteiger partial charge in [-0.2, -0.15) is 0 Å². The van der Waals surface area contributed by atoms with Gasteiger partial charge in [-0.05, 0) is 43.2 Å². The van der Waals surface area contributed by atoms with Crippen molar-refractivity contribution in [3.63, 3.8) is 0 Å². The van der Waals surface area contributed by atoms with Gasteiger partial charge in [-0.25, -0.2) is 4.79 Å². The van der Waals surface area contributed by atoms with Crippen LogP contribution in [-0.2, 0) is 0 Å². The highest BCUT2D eigenvalue weighted by molar-refractivity contribution is 6.31. The van der Waals surface area contributed by atoms with Gasteiger partial charge in [-0.1, -0.05) is 47.5 Å². The Hall–Kier alpha value is -2.26. The highest BCUT2D eigenvalue weighted by Crippen LogP contribution is 2.22. The molecule has 0 bridgehead atoms. The minimum Gasteiger partial charge on any atom is -0.314 e. The molecule has 2 aromatic carbocycles. The van der Waals surface area contributed by atoms with E-state index in [4.69, 9.17) is 11.6 Å². The number of urea groups is 1. The average molecular weight is 301 g/mol. The lowest BCUT2D eigenvalue weighted by molar-refractivity contribution is 0.255. The average Bonchev–Trinajstić information content (AvgIpc) is 2.46. The van der Waals surface area contributed by atoms with Crippen LogP contribution in [0.25, 0.3) is 6.08 Å². The standard InChI is InChI=1S/C17H17ClN2O/c1-12-6-8-14(9-7-12)10-11-19-17(21)20-16-5-3-4-15(18)13(16)2/h3-11H,1-2H3,(H2,19,20,21)/b11-10+. The number of amides is 2. The second kappa shape index (κ2) is 6.95. The summed E-state index contributed by atoms with van der Waals surface area (Å²) in [7, 11) is 0. The number of rotatable bonds is 3. The fraction of sp³-hybridized carbons (Fsp3) is 0.118. The Morgan fingerprint density at radius 2 is 1.81 bits per heavy atom. The summed E-state index contributed by atoms with van der Waals surface area (Å²) in [6.45, 7) is 3.90. The number of hydrogen-bond donors (Lipinski definition) is 2. The monoisotopic (exact) mass is 300 g/mol. The third kappa shape index (κ3) is 4.36. The van der Waals surface area contributed by atoms with Crippen molar-refractivity contribution < 1.29 is 4.79 Å². The molecular weight excluding hydrogens is 284 g/mol. The fourth-order valence-corrected chi connectivity index (χ4v) is 1.97. The number of anilines is 1. The first kappa shape index (κ1) is 15.1. The van der Waals surface area contributed by atoms with Gasteiger partial charge in [0.2, 0.25) is 0 Å². The molecule has 3 nitrogen and oxygen atoms in total. The van der Waals surface area contributed by atoms with Crippen LogP contribution in [0.3, 0.4) is 0 Å². The summed E-state index contributed by atoms with van der Waals surface area (Å²) < 4.78 is 0. The van der Waals surface area contributed by atoms with Crippen molar-refractivity contribution >= 4 is 29.4 Å². The fourth-order valence-electron chi connectivity index (χ4n) is 1.79. The number of carbonyl (C=O) groups is 1. The van der Waals surface area contributed by atoms with Gasteiger partial charge < -0.3 is 10.6 Å². The number of nitrogens with one attached hydrogen (secondary N) is 2. The van der Waals surface area contributed by atoms with Gasteiger partial charge in [0.1, 0.15) is 0 Å². The molecule has 0 unspecified atom stereocenters. The van der Waals surface area contributed by atoms with E-state index in [9.17, 15) is 4.79 Å². The molecule has 0 saturated carbocycles. The van der Waals surface area contributed by atoms with Crippen molar-refractivity contribution in [3.05, 3.63) is 70.4 Å². The van der Waals surface area contributed by atoms with Crippen LogP contribution in [0.4, 0.5) is 10.5 Å². The number of carbonyl (C=O) groups excluding carboxylic acids is 1. The zero-order chi connectivity index (χ0) is 15.2. The molecule has 0 aromatic heterocycles. The zero-order valence-electron chi connectivity index (χ0n) is 12.0. The third-order valence-electron chi connectivity index (χ3n) is 3.08. The van der Waals surface area contributed by atoms with E-state index in [0.717, 1.165) is 11.1 Å². The van der Waals surface area contributed by atoms with Gasteiger partial charge in [0.15, 0.2) is 0 Å². The maximum atomic E-state index is 11.8. The highest BCUT2D eigenvalue weighted by atomic mass is 35.5. The normalized spacial score (nSPS) is 10.6. The third-order valence-corrected chi connectivity index (χ3v) is 3.49. The van der Waals surface area contributed by atoms with Gasteiger partial charge in [0.25, 0.3) is 0 Å². The molecule has 0 spiro atoms. The number of benzene rings is 2. The Bertz CT molecular complexity index is 663. The van der Waals surface area contributed by atoms with Crippen LogP contribution in [0.2, 0.25) is 5.02 Å². The van der Waals surface area contributed by atoms with E-state index in [1.807, 2.05) is 50.3 Å². The van der Waals surface area contributed by atoms with Gasteiger partial charge >= 0.3 is 6.03 Å². The molecule has 0 heterocycles. The second-order valence-corrected chi connectivity index (χ2v) is 5.16. The largest absolute Gasteiger partial charge is 0.323 e. The molecule has 0 atom stereocenters. The topological polar surface area (TPSA) is 41.1 Å². The number of halogens is 1. The molecule has 2 rings (SSSR count). The van der Waals surface area contributed by atoms with Crippen molar-refractivity contribution in [2.45, 2.75) is 13.8 Å². The predicted molar refractivity (Wildman–Crippen MR) is 88.6 cm³/mol. The van der Waals surface area contributed by atoms with E-state index >= 15 is 0 Å². The molecule has 4 heteroatoms. The van der Waals surface area contributed by atoms with Gasteiger partial charge in [0, 0.05) is 16.9 Å². The Balaban J connectivity index is 1.93. The smallest absolute Gasteiger partial charge is 0.314 e. The van der Waals surface area contributed by atoms with E-state index in [2.05, 4.69) is 10.6 Å². The summed E-state index contributed by atoms with van der Waals surface area (Å²) in [5, 5.41) is 6.06. The maximum Gasteiger partial charge on any atom is 0.323 e. The van der Waals surface area contributed by atoms with Crippen LogP contribution < -0.4 is 10.6 Å². The summed E-state index contributed by atoms with van der Waals surface area (Å²) in [6, 6.07) is 13.1. The van der Waals surface area contributed by atoms with Crippen LogP contribution in [-0.4, -0.2) is 6.03 Å². The summed E-state index contributed by atoms with van der Waals surface area (Å²) in [5.74, 6) is 0. The molecule has 108 valence electrons. The van der Waals surface area contributed by atoms with E-state index in [-0.39, 0.29) is 6.03 Å². The Kier molecular flexibility index (Phi) is 5.01. The minimum atomic E-state index is -0.302. The molecular formula is C17H17ClN2O. The van der Waals surface area contributed by atoms with Crippen LogP contribution >= 0.6 is 11.6 Å². The summed E-state index contributed by atoms with van der Waals surface area (Å²) in [5.41, 5.74) is 3.77. The highest BCUT2D eigenvalue weighted by Gasteiger charge is 2.04. The summed E-state index contributed by atoms with van der Waals surface area (Å²) in [4.78, 5) is 11.8. The summed E-state index contributed by atoms with van der Waals surface area (Å²) in [6.07, 6.45) is 3.45. The minimum absolute atomic E-state index is 0.302. The van der Waals surface area contributed by atoms with Crippen LogP contribution in [0.1, 0.15) is 16.7 Å². The lowest BCUT2D eigenvalue weighted by Crippen LogP contribution is -2.24. The van der Waals surface area contributed by atoms with Gasteiger partial charge in [-0.3, -0.25) is 0 Å². The SMILES string of the molecule is Cc1ccc(/C=C/NC(=O)Nc2cccc(Cl)c2C)cc1. The van der Waals surface area contributed by atoms with Gasteiger partial charge in [-0.15, -0.1) is 0 Å². The zero-order valence-corrected chi connectivity index (χ0v) is 12.7. The molecule has 2 amide bonds. The van der Waals surface area contributed by atoms with Crippen LogP contribution in [0.5, 0.6) is 0 Å². The van der Waals surface area contributed by atoms with E-state index in [0.29, 0.717) is 10.7 Å². The Morgan fingerprint density at radius 1 is 1.10 bits per heavy atom. The molecule has 0 aliphatic rings. The second-order valence-electron chi connectivity index (χ2n) is 4.75. The molecule has 0 aliphatic carbocycles. The molecule has 0 aliphatic heterocycles. The molecule has 2 N–H and O–H groups in total. The van der Waals surface area contributed by atoms with Crippen molar-refractivity contribution in [2.24, 2.45) is 0 Å². The molecule has 2 aromatic rings. The molecule has 21 heavy (non-hydrogen) atoms. The predicted octanol–water partition coefficient (Wildman–Crippen LogP) is 4.75. The first-order valence-electron chi connectivity index (χ1n) is 6.62. The quantitative estimate of drug-likeness (QED) is 0.844. The Morgan fingerprint density at radius 3 is 2.52 bits per heavy atom. The van der Waals surface area contributed by atoms with Crippen molar-refractivity contribution in [2.75, 3.05) is 5.32 Å². The van der Waals surface area contributed by atoms with Crippen LogP contribution in [0.15, 0.2) is 48.7 Å². The van der Waals surface area contributed by atoms with Crippen molar-refractivity contribution in [1.82, 2.24) is 5.32 Å². The van der Waals surface area contributed by atoms with E-state index in [1.165, 1.54) is 5.56 Å². The van der Waals surface area contributed by atoms with Crippen molar-refractivity contribution in [1.29, 1.82) is 0 Å². The van der Waals surface area contributed by atoms with Gasteiger partial charge in [0.05, 0.1) is 0 Å². The maximum absolute atomic E-state index is 11.8. The Labute approximate surface area is 129 Å². The first-order chi connectivity index (χ1) is 10.1. The van der Waals surface area contributed by atoms with E-state index < -0.39 is 0 Å². The number of aryl methyl sites for hydroxylation is 1. The van der Waals surface area contributed by atoms with Crippen molar-refractivity contribution in [3.8, 4) is 0 Å². The lowest BCUT2D eigenvalue weighted by Gasteiger charge is -2.08. The first-order valence-corrected chi connectivity index (χ1v) is 7.00. The molecule has 0 radical (unpaired) electrons. The van der Waals surface area contributed by atoms with Crippen LogP contribution in [0, 0.1) is 13.8 Å². The summed E-state index contributed by atoms with van der Waals surface area (Å²) >= 11 is 6.01.